The molecule has 2 aromatic rings. The van der Waals surface area contributed by atoms with Crippen LogP contribution in [-0.4, -0.2) is 41.7 Å². The van der Waals surface area contributed by atoms with Crippen molar-refractivity contribution in [1.82, 2.24) is 14.7 Å². The van der Waals surface area contributed by atoms with Crippen LogP contribution in [0.1, 0.15) is 17.2 Å². The van der Waals surface area contributed by atoms with Crippen molar-refractivity contribution in [3.05, 3.63) is 32.1 Å². The lowest BCUT2D eigenvalue weighted by molar-refractivity contribution is 0.242. The van der Waals surface area contributed by atoms with E-state index in [0.717, 1.165) is 15.8 Å². The first-order chi connectivity index (χ1) is 11.3. The molecule has 1 saturated heterocycles. The quantitative estimate of drug-likeness (QED) is 0.685. The van der Waals surface area contributed by atoms with Gasteiger partial charge in [-0.15, -0.1) is 16.4 Å². The maximum Gasteiger partial charge on any atom is 0.288 e. The molecule has 6 nitrogen and oxygen atoms in total. The van der Waals surface area contributed by atoms with Crippen molar-refractivity contribution in [2.45, 2.75) is 26.1 Å². The summed E-state index contributed by atoms with van der Waals surface area (Å²) < 4.78 is 31.0. The van der Waals surface area contributed by atoms with Crippen molar-refractivity contribution in [2.75, 3.05) is 18.6 Å². The van der Waals surface area contributed by atoms with Crippen LogP contribution in [0.2, 0.25) is 4.34 Å². The van der Waals surface area contributed by atoms with Gasteiger partial charge in [0, 0.05) is 17.8 Å². The lowest BCUT2D eigenvalue weighted by atomic mass is 10.1. The van der Waals surface area contributed by atoms with E-state index in [1.807, 2.05) is 19.2 Å². The molecule has 1 aliphatic heterocycles. The first kappa shape index (κ1) is 18.1. The summed E-state index contributed by atoms with van der Waals surface area (Å²) in [6.07, 6.45) is 1.18. The van der Waals surface area contributed by atoms with Gasteiger partial charge >= 0.3 is 0 Å². The molecule has 0 aromatic carbocycles. The highest BCUT2D eigenvalue weighted by atomic mass is 35.5. The van der Waals surface area contributed by atoms with Gasteiger partial charge in [-0.25, -0.2) is 13.1 Å². The second kappa shape index (κ2) is 7.25. The fraction of sp³-hybridized carbons (Fsp3) is 0.571. The number of thiophene rings is 1. The van der Waals surface area contributed by atoms with Crippen LogP contribution in [-0.2, 0) is 29.5 Å². The van der Waals surface area contributed by atoms with Crippen LogP contribution in [0.4, 0.5) is 0 Å². The lowest BCUT2D eigenvalue weighted by Gasteiger charge is -2.14. The van der Waals surface area contributed by atoms with Crippen molar-refractivity contribution in [2.24, 2.45) is 5.92 Å². The van der Waals surface area contributed by atoms with Crippen LogP contribution in [0.3, 0.4) is 0 Å². The number of hydrogen-bond acceptors (Lipinski definition) is 7. The normalized spacial score (nSPS) is 20.0. The van der Waals surface area contributed by atoms with E-state index in [-0.39, 0.29) is 17.4 Å². The van der Waals surface area contributed by atoms with Gasteiger partial charge in [0.1, 0.15) is 0 Å². The molecule has 1 fully saturated rings. The van der Waals surface area contributed by atoms with Crippen molar-refractivity contribution in [1.29, 1.82) is 0 Å². The van der Waals surface area contributed by atoms with Crippen LogP contribution in [0, 0.1) is 10.8 Å². The van der Waals surface area contributed by atoms with Crippen molar-refractivity contribution >= 4 is 45.0 Å². The molecular formula is C14H18ClN3O3S3. The Morgan fingerprint density at radius 2 is 2.33 bits per heavy atom. The fourth-order valence-electron chi connectivity index (χ4n) is 2.78. The molecule has 10 heteroatoms. The molecule has 0 spiro atoms. The Bertz CT molecular complexity index is 871. The number of halogens is 1. The Morgan fingerprint density at radius 1 is 1.54 bits per heavy atom. The maximum absolute atomic E-state index is 11.5. The third-order valence-electron chi connectivity index (χ3n) is 3.87. The SMILES string of the molecule is CN(Cc1ccc(Cl)s1)Cn1nc(C[C@H]2CCS(=O)(=O)C2)oc1=S. The lowest BCUT2D eigenvalue weighted by Crippen LogP contribution is -2.22. The Morgan fingerprint density at radius 3 is 2.96 bits per heavy atom. The van der Waals surface area contributed by atoms with Gasteiger partial charge in [0.2, 0.25) is 5.89 Å². The fourth-order valence-corrected chi connectivity index (χ4v) is 6.01. The average Bonchev–Trinajstić information content (AvgIpc) is 3.12. The van der Waals surface area contributed by atoms with Crippen molar-refractivity contribution in [3.63, 3.8) is 0 Å². The maximum atomic E-state index is 11.5. The molecule has 1 atom stereocenters. The van der Waals surface area contributed by atoms with E-state index in [1.54, 1.807) is 16.0 Å². The zero-order valence-corrected chi connectivity index (χ0v) is 16.3. The predicted octanol–water partition coefficient (Wildman–Crippen LogP) is 2.99. The summed E-state index contributed by atoms with van der Waals surface area (Å²) in [5.41, 5.74) is 0. The average molecular weight is 408 g/mol. The first-order valence-electron chi connectivity index (χ1n) is 7.51. The molecule has 0 aliphatic carbocycles. The van der Waals surface area contributed by atoms with Gasteiger partial charge in [-0.05, 0) is 43.7 Å². The van der Waals surface area contributed by atoms with E-state index >= 15 is 0 Å². The van der Waals surface area contributed by atoms with Gasteiger partial charge in [-0.2, -0.15) is 0 Å². The summed E-state index contributed by atoms with van der Waals surface area (Å²) in [5, 5.41) is 4.39. The Hall–Kier alpha value is -0.740. The smallest absolute Gasteiger partial charge is 0.288 e. The van der Waals surface area contributed by atoms with Gasteiger partial charge in [0.05, 0.1) is 22.5 Å². The molecule has 0 bridgehead atoms. The van der Waals surface area contributed by atoms with Gasteiger partial charge in [-0.1, -0.05) is 11.6 Å². The highest BCUT2D eigenvalue weighted by Gasteiger charge is 2.29. The monoisotopic (exact) mass is 407 g/mol. The zero-order valence-electron chi connectivity index (χ0n) is 13.1. The minimum absolute atomic E-state index is 0.0718. The van der Waals surface area contributed by atoms with E-state index in [2.05, 4.69) is 10.00 Å². The van der Waals surface area contributed by atoms with Crippen LogP contribution in [0.15, 0.2) is 16.5 Å². The summed E-state index contributed by atoms with van der Waals surface area (Å²) in [7, 11) is -0.925. The highest BCUT2D eigenvalue weighted by molar-refractivity contribution is 7.91. The van der Waals surface area contributed by atoms with Crippen LogP contribution in [0.25, 0.3) is 0 Å². The first-order valence-corrected chi connectivity index (χ1v) is 10.9. The minimum atomic E-state index is -2.89. The second-order valence-corrected chi connectivity index (χ2v) is 10.5. The molecule has 0 amide bonds. The molecular weight excluding hydrogens is 390 g/mol. The van der Waals surface area contributed by atoms with E-state index in [9.17, 15) is 8.42 Å². The van der Waals surface area contributed by atoms with E-state index in [4.69, 9.17) is 28.2 Å². The van der Waals surface area contributed by atoms with Gasteiger partial charge < -0.3 is 4.42 Å². The van der Waals surface area contributed by atoms with Gasteiger partial charge in [-0.3, -0.25) is 4.90 Å². The Kier molecular flexibility index (Phi) is 5.45. The Balaban J connectivity index is 1.60. The van der Waals surface area contributed by atoms with Crippen LogP contribution < -0.4 is 0 Å². The molecule has 3 rings (SSSR count). The third kappa shape index (κ3) is 4.66. The summed E-state index contributed by atoms with van der Waals surface area (Å²) >= 11 is 12.7. The number of hydrogen-bond donors (Lipinski definition) is 0. The van der Waals surface area contributed by atoms with Crippen LogP contribution >= 0.6 is 35.2 Å². The summed E-state index contributed by atoms with van der Waals surface area (Å²) in [6, 6.07) is 3.88. The zero-order chi connectivity index (χ0) is 17.3. The molecule has 2 aromatic heterocycles. The summed E-state index contributed by atoms with van der Waals surface area (Å²) in [5.74, 6) is 1.05. The predicted molar refractivity (Wildman–Crippen MR) is 96.6 cm³/mol. The molecule has 0 unspecified atom stereocenters. The molecule has 132 valence electrons. The van der Waals surface area contributed by atoms with E-state index in [1.165, 1.54) is 0 Å². The molecule has 3 heterocycles. The third-order valence-corrected chi connectivity index (χ3v) is 7.22. The molecule has 0 N–H and O–H groups in total. The minimum Gasteiger partial charge on any atom is -0.414 e. The molecule has 1 aliphatic rings. The summed E-state index contributed by atoms with van der Waals surface area (Å²) in [6.45, 7) is 1.24. The van der Waals surface area contributed by atoms with Gasteiger partial charge in [0.15, 0.2) is 9.84 Å². The number of aromatic nitrogens is 2. The molecule has 0 radical (unpaired) electrons. The Labute approximate surface area is 155 Å². The molecule has 0 saturated carbocycles. The summed E-state index contributed by atoms with van der Waals surface area (Å²) in [4.78, 5) is 3.53. The van der Waals surface area contributed by atoms with Gasteiger partial charge in [0.25, 0.3) is 4.84 Å². The largest absolute Gasteiger partial charge is 0.414 e. The van der Waals surface area contributed by atoms with E-state index < -0.39 is 9.84 Å². The topological polar surface area (TPSA) is 68.3 Å². The number of sulfone groups is 1. The van der Waals surface area contributed by atoms with Crippen molar-refractivity contribution in [3.8, 4) is 0 Å². The number of nitrogens with zero attached hydrogens (tertiary/aromatic N) is 3. The number of rotatable bonds is 6. The van der Waals surface area contributed by atoms with Crippen LogP contribution in [0.5, 0.6) is 0 Å². The highest BCUT2D eigenvalue weighted by Crippen LogP contribution is 2.23. The van der Waals surface area contributed by atoms with Crippen molar-refractivity contribution < 1.29 is 12.8 Å². The van der Waals surface area contributed by atoms with E-state index in [0.29, 0.717) is 30.2 Å². The standard InChI is InChI=1S/C14H18ClN3O3S3/c1-17(7-11-2-3-12(15)23-11)9-18-14(22)21-13(16-18)6-10-4-5-24(19,20)8-10/h2-3,10H,4-9H2,1H3/t10-/m1/s1. The second-order valence-electron chi connectivity index (χ2n) is 6.10. The molecule has 24 heavy (non-hydrogen) atoms.